The van der Waals surface area contributed by atoms with Crippen LogP contribution >= 0.6 is 15.9 Å². The average Bonchev–Trinajstić information content (AvgIpc) is 2.48. The van der Waals surface area contributed by atoms with Gasteiger partial charge in [0.15, 0.2) is 0 Å². The largest absolute Gasteiger partial charge is 0.419 e. The summed E-state index contributed by atoms with van der Waals surface area (Å²) < 4.78 is 75.7. The smallest absolute Gasteiger partial charge is 0.206 e. The molecule has 2 aromatic rings. The van der Waals surface area contributed by atoms with E-state index < -0.39 is 32.5 Å². The van der Waals surface area contributed by atoms with Gasteiger partial charge in [0.1, 0.15) is 5.82 Å². The summed E-state index contributed by atoms with van der Waals surface area (Å²) in [6, 6.07) is 8.15. The topological polar surface area (TPSA) is 58.5 Å². The van der Waals surface area contributed by atoms with E-state index >= 15 is 0 Å². The van der Waals surface area contributed by atoms with E-state index in [2.05, 4.69) is 21.0 Å². The standard InChI is InChI=1S/C14H9BrF4N2O2S/c15-12-4-2-1-3-9(12)8-20-21-24(22,23)10-5-6-13(16)11(7-10)14(17,18)19/h1-8,21H/b20-8+. The highest BCUT2D eigenvalue weighted by Crippen LogP contribution is 2.32. The van der Waals surface area contributed by atoms with E-state index in [1.807, 2.05) is 0 Å². The van der Waals surface area contributed by atoms with Gasteiger partial charge in [-0.25, -0.2) is 9.22 Å². The second-order valence-corrected chi connectivity index (χ2v) is 7.03. The summed E-state index contributed by atoms with van der Waals surface area (Å²) in [6.45, 7) is 0. The van der Waals surface area contributed by atoms with Gasteiger partial charge in [-0.2, -0.15) is 26.7 Å². The molecule has 0 aromatic heterocycles. The zero-order chi connectivity index (χ0) is 18.0. The zero-order valence-corrected chi connectivity index (χ0v) is 14.1. The van der Waals surface area contributed by atoms with Crippen LogP contribution in [0.25, 0.3) is 0 Å². The maximum absolute atomic E-state index is 13.2. The molecule has 0 radical (unpaired) electrons. The minimum Gasteiger partial charge on any atom is -0.206 e. The highest BCUT2D eigenvalue weighted by molar-refractivity contribution is 9.10. The van der Waals surface area contributed by atoms with E-state index in [-0.39, 0.29) is 6.07 Å². The van der Waals surface area contributed by atoms with Crippen molar-refractivity contribution in [3.63, 3.8) is 0 Å². The van der Waals surface area contributed by atoms with Crippen molar-refractivity contribution in [3.8, 4) is 0 Å². The first-order valence-electron chi connectivity index (χ1n) is 6.27. The number of hydrogen-bond donors (Lipinski definition) is 1. The van der Waals surface area contributed by atoms with Crippen molar-refractivity contribution >= 4 is 32.2 Å². The van der Waals surface area contributed by atoms with Crippen LogP contribution in [0.5, 0.6) is 0 Å². The lowest BCUT2D eigenvalue weighted by molar-refractivity contribution is -0.140. The SMILES string of the molecule is O=S(=O)(N/N=C/c1ccccc1Br)c1ccc(F)c(C(F)(F)F)c1. The number of rotatable bonds is 4. The fourth-order valence-electron chi connectivity index (χ4n) is 1.69. The Balaban J connectivity index is 2.27. The lowest BCUT2D eigenvalue weighted by atomic mass is 10.2. The summed E-state index contributed by atoms with van der Waals surface area (Å²) in [5, 5.41) is 3.50. The molecule has 0 saturated heterocycles. The first kappa shape index (κ1) is 18.4. The van der Waals surface area contributed by atoms with Crippen LogP contribution in [-0.4, -0.2) is 14.6 Å². The number of halogens is 5. The maximum Gasteiger partial charge on any atom is 0.419 e. The molecule has 0 saturated carbocycles. The van der Waals surface area contributed by atoms with E-state index in [0.29, 0.717) is 16.1 Å². The second-order valence-electron chi connectivity index (χ2n) is 4.51. The van der Waals surface area contributed by atoms with Crippen LogP contribution in [0.4, 0.5) is 17.6 Å². The van der Waals surface area contributed by atoms with Gasteiger partial charge < -0.3 is 0 Å². The summed E-state index contributed by atoms with van der Waals surface area (Å²) in [6.07, 6.45) is -3.83. The third-order valence-corrected chi connectivity index (χ3v) is 4.78. The van der Waals surface area contributed by atoms with Crippen molar-refractivity contribution in [2.75, 3.05) is 0 Å². The molecule has 0 amide bonds. The van der Waals surface area contributed by atoms with Crippen LogP contribution in [-0.2, 0) is 16.2 Å². The van der Waals surface area contributed by atoms with Gasteiger partial charge in [-0.15, -0.1) is 0 Å². The van der Waals surface area contributed by atoms with E-state index in [9.17, 15) is 26.0 Å². The van der Waals surface area contributed by atoms with Crippen LogP contribution < -0.4 is 4.83 Å². The molecule has 0 atom stereocenters. The van der Waals surface area contributed by atoms with E-state index in [1.165, 1.54) is 6.21 Å². The van der Waals surface area contributed by atoms with Crippen LogP contribution in [0, 0.1) is 5.82 Å². The molecule has 0 aliphatic rings. The minimum absolute atomic E-state index is 0.214. The van der Waals surface area contributed by atoms with Gasteiger partial charge in [0.25, 0.3) is 10.0 Å². The van der Waals surface area contributed by atoms with Crippen molar-refractivity contribution in [3.05, 3.63) is 63.9 Å². The third-order valence-electron chi connectivity index (χ3n) is 2.84. The molecule has 0 fully saturated rings. The van der Waals surface area contributed by atoms with Crippen LogP contribution in [0.3, 0.4) is 0 Å². The fraction of sp³-hybridized carbons (Fsp3) is 0.0714. The monoisotopic (exact) mass is 424 g/mol. The Kier molecular flexibility index (Phi) is 5.29. The van der Waals surface area contributed by atoms with Gasteiger partial charge in [0, 0.05) is 10.0 Å². The highest BCUT2D eigenvalue weighted by atomic mass is 79.9. The molecule has 0 bridgehead atoms. The maximum atomic E-state index is 13.2. The molecular formula is C14H9BrF4N2O2S. The number of benzene rings is 2. The number of hydrogen-bond acceptors (Lipinski definition) is 3. The number of alkyl halides is 3. The summed E-state index contributed by atoms with van der Waals surface area (Å²) >= 11 is 3.23. The summed E-state index contributed by atoms with van der Waals surface area (Å²) in [5.74, 6) is -1.56. The molecule has 1 N–H and O–H groups in total. The van der Waals surface area contributed by atoms with Crippen molar-refractivity contribution in [1.82, 2.24) is 4.83 Å². The summed E-state index contributed by atoms with van der Waals surface area (Å²) in [5.41, 5.74) is -1.12. The number of hydrazone groups is 1. The molecule has 24 heavy (non-hydrogen) atoms. The molecule has 2 aromatic carbocycles. The minimum atomic E-state index is -5.01. The third kappa shape index (κ3) is 4.32. The number of nitrogens with one attached hydrogen (secondary N) is 1. The lowest BCUT2D eigenvalue weighted by Crippen LogP contribution is -2.19. The molecule has 0 spiro atoms. The quantitative estimate of drug-likeness (QED) is 0.459. The molecule has 4 nitrogen and oxygen atoms in total. The average molecular weight is 425 g/mol. The van der Waals surface area contributed by atoms with Gasteiger partial charge in [-0.1, -0.05) is 34.1 Å². The highest BCUT2D eigenvalue weighted by Gasteiger charge is 2.35. The van der Waals surface area contributed by atoms with Gasteiger partial charge in [-0.3, -0.25) is 0 Å². The Bertz CT molecular complexity index is 883. The summed E-state index contributed by atoms with van der Waals surface area (Å²) in [4.78, 5) is 1.03. The Hall–Kier alpha value is -1.94. The summed E-state index contributed by atoms with van der Waals surface area (Å²) in [7, 11) is -4.37. The Morgan fingerprint density at radius 3 is 2.42 bits per heavy atom. The van der Waals surface area contributed by atoms with Gasteiger partial charge >= 0.3 is 6.18 Å². The lowest BCUT2D eigenvalue weighted by Gasteiger charge is -2.10. The van der Waals surface area contributed by atoms with Crippen molar-refractivity contribution in [2.24, 2.45) is 5.10 Å². The fourth-order valence-corrected chi connectivity index (χ4v) is 2.89. The van der Waals surface area contributed by atoms with E-state index in [4.69, 9.17) is 0 Å². The Morgan fingerprint density at radius 1 is 1.12 bits per heavy atom. The van der Waals surface area contributed by atoms with E-state index in [0.717, 1.165) is 6.07 Å². The van der Waals surface area contributed by atoms with Crippen LogP contribution in [0.15, 0.2) is 56.9 Å². The first-order valence-corrected chi connectivity index (χ1v) is 8.55. The van der Waals surface area contributed by atoms with Crippen LogP contribution in [0.2, 0.25) is 0 Å². The molecule has 0 aliphatic carbocycles. The predicted molar refractivity (Wildman–Crippen MR) is 83.5 cm³/mol. The number of sulfonamides is 1. The molecule has 10 heteroatoms. The Morgan fingerprint density at radius 2 is 1.79 bits per heavy atom. The van der Waals surface area contributed by atoms with Gasteiger partial charge in [0.05, 0.1) is 16.7 Å². The molecular weight excluding hydrogens is 416 g/mol. The van der Waals surface area contributed by atoms with Gasteiger partial charge in [-0.05, 0) is 24.3 Å². The number of nitrogens with zero attached hydrogens (tertiary/aromatic N) is 1. The van der Waals surface area contributed by atoms with Gasteiger partial charge in [0.2, 0.25) is 0 Å². The normalized spacial score (nSPS) is 12.5. The Labute approximate surface area is 143 Å². The van der Waals surface area contributed by atoms with E-state index in [1.54, 1.807) is 29.1 Å². The molecule has 128 valence electrons. The molecule has 0 heterocycles. The second kappa shape index (κ2) is 6.89. The van der Waals surface area contributed by atoms with Crippen LogP contribution in [0.1, 0.15) is 11.1 Å². The molecule has 0 unspecified atom stereocenters. The van der Waals surface area contributed by atoms with Crippen molar-refractivity contribution in [1.29, 1.82) is 0 Å². The van der Waals surface area contributed by atoms with Crippen molar-refractivity contribution in [2.45, 2.75) is 11.1 Å². The van der Waals surface area contributed by atoms with Crippen molar-refractivity contribution < 1.29 is 26.0 Å². The zero-order valence-electron chi connectivity index (χ0n) is 11.7. The predicted octanol–water partition coefficient (Wildman–Crippen LogP) is 3.92. The first-order chi connectivity index (χ1) is 11.1. The molecule has 2 rings (SSSR count). The molecule has 0 aliphatic heterocycles.